The largest absolute Gasteiger partial charge is 0.362 e. The molecule has 0 aromatic heterocycles. The summed E-state index contributed by atoms with van der Waals surface area (Å²) in [7, 11) is 0. The van der Waals surface area contributed by atoms with Crippen molar-refractivity contribution >= 4 is 5.91 Å². The second-order valence-corrected chi connectivity index (χ2v) is 5.59. The lowest BCUT2D eigenvalue weighted by molar-refractivity contribution is -0.180. The molecular formula is C15H20N2O2. The number of amides is 1. The van der Waals surface area contributed by atoms with E-state index in [0.717, 1.165) is 19.5 Å². The quantitative estimate of drug-likeness (QED) is 0.868. The molecule has 0 unspecified atom stereocenters. The highest BCUT2D eigenvalue weighted by atomic mass is 16.5. The van der Waals surface area contributed by atoms with Crippen LogP contribution in [-0.2, 0) is 16.1 Å². The van der Waals surface area contributed by atoms with Gasteiger partial charge in [0.25, 0.3) is 0 Å². The lowest BCUT2D eigenvalue weighted by atomic mass is 9.87. The monoisotopic (exact) mass is 260 g/mol. The fraction of sp³-hybridized carbons (Fsp3) is 0.533. The molecule has 1 amide bonds. The number of carbonyl (C=O) groups excluding carboxylic acids is 1. The van der Waals surface area contributed by atoms with E-state index in [4.69, 9.17) is 4.74 Å². The molecule has 0 spiro atoms. The zero-order chi connectivity index (χ0) is 13.3. The molecule has 19 heavy (non-hydrogen) atoms. The molecule has 4 nitrogen and oxygen atoms in total. The Labute approximate surface area is 113 Å². The van der Waals surface area contributed by atoms with Gasteiger partial charge in [-0.25, -0.2) is 0 Å². The van der Waals surface area contributed by atoms with Gasteiger partial charge in [-0.3, -0.25) is 4.79 Å². The van der Waals surface area contributed by atoms with Gasteiger partial charge in [0.2, 0.25) is 5.91 Å². The maximum Gasteiger partial charge on any atom is 0.249 e. The Balaban J connectivity index is 1.83. The van der Waals surface area contributed by atoms with Crippen LogP contribution in [0.4, 0.5) is 0 Å². The van der Waals surface area contributed by atoms with Gasteiger partial charge in [0.05, 0.1) is 11.6 Å². The number of rotatable bonds is 2. The number of hydrogen-bond acceptors (Lipinski definition) is 3. The predicted molar refractivity (Wildman–Crippen MR) is 72.6 cm³/mol. The van der Waals surface area contributed by atoms with E-state index in [1.807, 2.05) is 23.1 Å². The number of hydrogen-bond donors (Lipinski definition) is 1. The Hall–Kier alpha value is -1.39. The number of morpholine rings is 1. The Morgan fingerprint density at radius 2 is 2.21 bits per heavy atom. The van der Waals surface area contributed by atoms with Crippen LogP contribution in [0, 0.1) is 0 Å². The lowest BCUT2D eigenvalue weighted by Crippen LogP contribution is -2.66. The number of nitrogens with one attached hydrogen (secondary N) is 1. The molecule has 3 rings (SSSR count). The van der Waals surface area contributed by atoms with Crippen molar-refractivity contribution in [3.63, 3.8) is 0 Å². The molecule has 0 aliphatic carbocycles. The Kier molecular flexibility index (Phi) is 3.29. The van der Waals surface area contributed by atoms with E-state index in [9.17, 15) is 4.79 Å². The van der Waals surface area contributed by atoms with Crippen LogP contribution in [0.2, 0.25) is 0 Å². The molecule has 1 aromatic rings. The standard InChI is InChI=1S/C15H20N2O2/c1-15-11-16-8-7-13(15)17(14(18)10-19-15)9-12-5-3-2-4-6-12/h2-6,13,16H,7-11H2,1H3/t13-,15-/m1/s1. The molecule has 2 aliphatic heterocycles. The highest BCUT2D eigenvalue weighted by Gasteiger charge is 2.46. The number of piperidine rings is 1. The van der Waals surface area contributed by atoms with Crippen LogP contribution < -0.4 is 5.32 Å². The van der Waals surface area contributed by atoms with Crippen molar-refractivity contribution in [1.29, 1.82) is 0 Å². The van der Waals surface area contributed by atoms with E-state index in [-0.39, 0.29) is 24.2 Å². The van der Waals surface area contributed by atoms with Gasteiger partial charge in [-0.15, -0.1) is 0 Å². The first-order valence-electron chi connectivity index (χ1n) is 6.87. The van der Waals surface area contributed by atoms with Crippen LogP contribution in [0.5, 0.6) is 0 Å². The molecule has 2 heterocycles. The minimum Gasteiger partial charge on any atom is -0.362 e. The minimum atomic E-state index is -0.249. The summed E-state index contributed by atoms with van der Waals surface area (Å²) in [4.78, 5) is 14.2. The highest BCUT2D eigenvalue weighted by molar-refractivity contribution is 5.79. The molecule has 4 heteroatoms. The number of benzene rings is 1. The maximum atomic E-state index is 12.2. The summed E-state index contributed by atoms with van der Waals surface area (Å²) in [5, 5.41) is 3.36. The van der Waals surface area contributed by atoms with Crippen LogP contribution in [-0.4, -0.2) is 42.1 Å². The zero-order valence-electron chi connectivity index (χ0n) is 11.3. The summed E-state index contributed by atoms with van der Waals surface area (Å²) in [5.74, 6) is 0.105. The maximum absolute atomic E-state index is 12.2. The third-order valence-corrected chi connectivity index (χ3v) is 4.19. The van der Waals surface area contributed by atoms with Gasteiger partial charge >= 0.3 is 0 Å². The third-order valence-electron chi connectivity index (χ3n) is 4.19. The molecule has 1 N–H and O–H groups in total. The van der Waals surface area contributed by atoms with Gasteiger partial charge in [-0.1, -0.05) is 30.3 Å². The van der Waals surface area contributed by atoms with Crippen LogP contribution in [0.1, 0.15) is 18.9 Å². The molecule has 2 saturated heterocycles. The first kappa shape index (κ1) is 12.6. The number of ether oxygens (including phenoxy) is 1. The fourth-order valence-corrected chi connectivity index (χ4v) is 3.09. The Morgan fingerprint density at radius 1 is 1.42 bits per heavy atom. The van der Waals surface area contributed by atoms with Crippen molar-refractivity contribution in [2.75, 3.05) is 19.7 Å². The van der Waals surface area contributed by atoms with Crippen LogP contribution >= 0.6 is 0 Å². The van der Waals surface area contributed by atoms with Gasteiger partial charge in [-0.05, 0) is 25.5 Å². The van der Waals surface area contributed by atoms with Crippen molar-refractivity contribution in [3.8, 4) is 0 Å². The lowest BCUT2D eigenvalue weighted by Gasteiger charge is -2.50. The second kappa shape index (κ2) is 4.94. The smallest absolute Gasteiger partial charge is 0.249 e. The topological polar surface area (TPSA) is 41.6 Å². The normalized spacial score (nSPS) is 31.1. The molecule has 2 atom stereocenters. The SMILES string of the molecule is C[C@@]12CNCC[C@H]1N(Cc1ccccc1)C(=O)CO2. The number of nitrogens with zero attached hydrogens (tertiary/aromatic N) is 1. The molecule has 0 radical (unpaired) electrons. The number of fused-ring (bicyclic) bond motifs is 1. The summed E-state index contributed by atoms with van der Waals surface area (Å²) >= 11 is 0. The zero-order valence-corrected chi connectivity index (χ0v) is 11.3. The van der Waals surface area contributed by atoms with Crippen molar-refractivity contribution in [2.45, 2.75) is 31.5 Å². The van der Waals surface area contributed by atoms with Crippen molar-refractivity contribution in [3.05, 3.63) is 35.9 Å². The highest BCUT2D eigenvalue weighted by Crippen LogP contribution is 2.31. The van der Waals surface area contributed by atoms with Crippen LogP contribution in [0.3, 0.4) is 0 Å². The average Bonchev–Trinajstić information content (AvgIpc) is 2.44. The molecule has 2 fully saturated rings. The molecule has 2 aliphatic rings. The van der Waals surface area contributed by atoms with Gasteiger partial charge in [0.15, 0.2) is 0 Å². The summed E-state index contributed by atoms with van der Waals surface area (Å²) in [6.45, 7) is 4.75. The summed E-state index contributed by atoms with van der Waals surface area (Å²) < 4.78 is 5.80. The van der Waals surface area contributed by atoms with Crippen molar-refractivity contribution in [2.24, 2.45) is 0 Å². The number of carbonyl (C=O) groups is 1. The molecular weight excluding hydrogens is 240 g/mol. The Bertz CT molecular complexity index is 462. The van der Waals surface area contributed by atoms with E-state index in [0.29, 0.717) is 6.54 Å². The minimum absolute atomic E-state index is 0.105. The first-order chi connectivity index (χ1) is 9.19. The predicted octanol–water partition coefficient (Wildman–Crippen LogP) is 1.17. The van der Waals surface area contributed by atoms with E-state index >= 15 is 0 Å². The molecule has 102 valence electrons. The Morgan fingerprint density at radius 3 is 3.00 bits per heavy atom. The van der Waals surface area contributed by atoms with E-state index in [1.165, 1.54) is 5.56 Å². The van der Waals surface area contributed by atoms with E-state index in [2.05, 4.69) is 24.4 Å². The van der Waals surface area contributed by atoms with Gasteiger partial charge in [0.1, 0.15) is 6.61 Å². The van der Waals surface area contributed by atoms with E-state index < -0.39 is 0 Å². The van der Waals surface area contributed by atoms with Crippen LogP contribution in [0.25, 0.3) is 0 Å². The van der Waals surface area contributed by atoms with Gasteiger partial charge in [-0.2, -0.15) is 0 Å². The molecule has 0 bridgehead atoms. The van der Waals surface area contributed by atoms with Crippen molar-refractivity contribution in [1.82, 2.24) is 10.2 Å². The van der Waals surface area contributed by atoms with Gasteiger partial charge < -0.3 is 15.0 Å². The fourth-order valence-electron chi connectivity index (χ4n) is 3.09. The summed E-state index contributed by atoms with van der Waals surface area (Å²) in [6, 6.07) is 10.3. The van der Waals surface area contributed by atoms with E-state index in [1.54, 1.807) is 0 Å². The molecule has 1 aromatic carbocycles. The summed E-state index contributed by atoms with van der Waals surface area (Å²) in [5.41, 5.74) is 0.930. The third kappa shape index (κ3) is 2.38. The average molecular weight is 260 g/mol. The first-order valence-corrected chi connectivity index (χ1v) is 6.87. The van der Waals surface area contributed by atoms with Crippen molar-refractivity contribution < 1.29 is 9.53 Å². The molecule has 0 saturated carbocycles. The van der Waals surface area contributed by atoms with Gasteiger partial charge in [0, 0.05) is 13.1 Å². The van der Waals surface area contributed by atoms with Crippen LogP contribution in [0.15, 0.2) is 30.3 Å². The second-order valence-electron chi connectivity index (χ2n) is 5.59. The summed E-state index contributed by atoms with van der Waals surface area (Å²) in [6.07, 6.45) is 0.953.